The zero-order chi connectivity index (χ0) is 15.1. The molecule has 114 valence electrons. The Balaban J connectivity index is 1.85. The van der Waals surface area contributed by atoms with Crippen LogP contribution in [-0.2, 0) is 11.2 Å². The van der Waals surface area contributed by atoms with Gasteiger partial charge in [0.1, 0.15) is 15.8 Å². The van der Waals surface area contributed by atoms with Crippen molar-refractivity contribution in [3.05, 3.63) is 33.5 Å². The van der Waals surface area contributed by atoms with Gasteiger partial charge in [-0.05, 0) is 47.1 Å². The van der Waals surface area contributed by atoms with Gasteiger partial charge in [0, 0.05) is 25.6 Å². The van der Waals surface area contributed by atoms with Crippen molar-refractivity contribution in [2.24, 2.45) is 0 Å². The first kappa shape index (κ1) is 16.5. The third kappa shape index (κ3) is 5.10. The monoisotopic (exact) mass is 373 g/mol. The van der Waals surface area contributed by atoms with Crippen LogP contribution in [0.15, 0.2) is 22.7 Å². The predicted molar refractivity (Wildman–Crippen MR) is 86.1 cm³/mol. The lowest BCUT2D eigenvalue weighted by Crippen LogP contribution is -2.20. The van der Waals surface area contributed by atoms with E-state index in [1.807, 2.05) is 0 Å². The predicted octanol–water partition coefficient (Wildman–Crippen LogP) is 3.28. The normalized spacial score (nSPS) is 11.0. The van der Waals surface area contributed by atoms with E-state index in [9.17, 15) is 4.39 Å². The molecule has 2 aromatic rings. The molecule has 0 saturated heterocycles. The van der Waals surface area contributed by atoms with Crippen LogP contribution in [0.1, 0.15) is 11.4 Å². The van der Waals surface area contributed by atoms with Crippen LogP contribution >= 0.6 is 27.3 Å². The number of aromatic nitrogens is 2. The van der Waals surface area contributed by atoms with Crippen molar-refractivity contribution in [1.82, 2.24) is 15.5 Å². The molecule has 1 N–H and O–H groups in total. The van der Waals surface area contributed by atoms with Crippen molar-refractivity contribution in [2.75, 3.05) is 26.8 Å². The third-order valence-electron chi connectivity index (χ3n) is 2.86. The molecule has 21 heavy (non-hydrogen) atoms. The maximum absolute atomic E-state index is 13.2. The summed E-state index contributed by atoms with van der Waals surface area (Å²) in [6.07, 6.45) is 1.89. The quantitative estimate of drug-likeness (QED) is 0.721. The fourth-order valence-electron chi connectivity index (χ4n) is 1.76. The van der Waals surface area contributed by atoms with Gasteiger partial charge < -0.3 is 10.1 Å². The highest BCUT2D eigenvalue weighted by atomic mass is 79.9. The summed E-state index contributed by atoms with van der Waals surface area (Å²) >= 11 is 4.74. The van der Waals surface area contributed by atoms with Gasteiger partial charge in [-0.25, -0.2) is 4.39 Å². The first-order valence-electron chi connectivity index (χ1n) is 6.68. The third-order valence-corrected chi connectivity index (χ3v) is 4.50. The summed E-state index contributed by atoms with van der Waals surface area (Å²) in [5, 5.41) is 13.5. The van der Waals surface area contributed by atoms with Gasteiger partial charge in [-0.15, -0.1) is 10.2 Å². The molecule has 0 bridgehead atoms. The number of nitrogens with zero attached hydrogens (tertiary/aromatic N) is 2. The van der Waals surface area contributed by atoms with E-state index in [1.165, 1.54) is 6.07 Å². The Morgan fingerprint density at radius 3 is 2.95 bits per heavy atom. The molecule has 0 radical (unpaired) electrons. The van der Waals surface area contributed by atoms with E-state index in [2.05, 4.69) is 31.4 Å². The van der Waals surface area contributed by atoms with E-state index in [-0.39, 0.29) is 5.82 Å². The van der Waals surface area contributed by atoms with Gasteiger partial charge in [-0.3, -0.25) is 0 Å². The van der Waals surface area contributed by atoms with E-state index in [1.54, 1.807) is 30.6 Å². The smallest absolute Gasteiger partial charge is 0.147 e. The van der Waals surface area contributed by atoms with E-state index >= 15 is 0 Å². The second-order valence-corrected chi connectivity index (χ2v) is 6.39. The molecule has 0 aliphatic carbocycles. The van der Waals surface area contributed by atoms with Gasteiger partial charge in [0.25, 0.3) is 0 Å². The highest BCUT2D eigenvalue weighted by Crippen LogP contribution is 2.27. The van der Waals surface area contributed by atoms with Gasteiger partial charge in [-0.1, -0.05) is 11.3 Å². The maximum Gasteiger partial charge on any atom is 0.147 e. The van der Waals surface area contributed by atoms with E-state index in [0.717, 1.165) is 48.1 Å². The summed E-state index contributed by atoms with van der Waals surface area (Å²) in [6, 6.07) is 4.88. The van der Waals surface area contributed by atoms with E-state index in [4.69, 9.17) is 4.74 Å². The van der Waals surface area contributed by atoms with Gasteiger partial charge in [0.15, 0.2) is 0 Å². The first-order valence-corrected chi connectivity index (χ1v) is 8.29. The highest BCUT2D eigenvalue weighted by Gasteiger charge is 2.08. The molecule has 1 aromatic heterocycles. The zero-order valence-electron chi connectivity index (χ0n) is 11.7. The second-order valence-electron chi connectivity index (χ2n) is 4.48. The molecule has 0 atom stereocenters. The van der Waals surface area contributed by atoms with Crippen molar-refractivity contribution < 1.29 is 9.13 Å². The van der Waals surface area contributed by atoms with Crippen molar-refractivity contribution >= 4 is 27.3 Å². The molecule has 2 rings (SSSR count). The summed E-state index contributed by atoms with van der Waals surface area (Å²) in [5.74, 6) is -0.273. The van der Waals surface area contributed by atoms with Crippen LogP contribution in [0.2, 0.25) is 0 Å². The van der Waals surface area contributed by atoms with Crippen LogP contribution in [0.3, 0.4) is 0 Å². The topological polar surface area (TPSA) is 47.0 Å². The SMILES string of the molecule is COCCNCCCc1nnc(-c2ccc(F)c(Br)c2)s1. The Morgan fingerprint density at radius 1 is 1.33 bits per heavy atom. The molecule has 0 spiro atoms. The molecule has 0 aliphatic heterocycles. The number of methoxy groups -OCH3 is 1. The Kier molecular flexibility index (Phi) is 6.69. The Labute approximate surface area is 135 Å². The highest BCUT2D eigenvalue weighted by molar-refractivity contribution is 9.10. The molecule has 0 unspecified atom stereocenters. The van der Waals surface area contributed by atoms with Crippen LogP contribution in [0.25, 0.3) is 10.6 Å². The lowest BCUT2D eigenvalue weighted by atomic mass is 10.2. The number of aryl methyl sites for hydroxylation is 1. The average Bonchev–Trinajstić information content (AvgIpc) is 2.94. The fourth-order valence-corrected chi connectivity index (χ4v) is 3.02. The van der Waals surface area contributed by atoms with Crippen LogP contribution < -0.4 is 5.32 Å². The van der Waals surface area contributed by atoms with Gasteiger partial charge >= 0.3 is 0 Å². The summed E-state index contributed by atoms with van der Waals surface area (Å²) in [4.78, 5) is 0. The maximum atomic E-state index is 13.2. The number of hydrogen-bond donors (Lipinski definition) is 1. The zero-order valence-corrected chi connectivity index (χ0v) is 14.1. The molecular formula is C14H17BrFN3OS. The number of benzene rings is 1. The van der Waals surface area contributed by atoms with Crippen LogP contribution in [0, 0.1) is 5.82 Å². The fraction of sp³-hybridized carbons (Fsp3) is 0.429. The standard InChI is InChI=1S/C14H17BrFN3OS/c1-20-8-7-17-6-2-3-13-18-19-14(21-13)10-4-5-12(16)11(15)9-10/h4-5,9,17H,2-3,6-8H2,1H3. The Hall–Kier alpha value is -0.890. The molecule has 1 heterocycles. The molecule has 1 aromatic carbocycles. The lowest BCUT2D eigenvalue weighted by molar-refractivity contribution is 0.199. The summed E-state index contributed by atoms with van der Waals surface area (Å²) in [5.41, 5.74) is 0.880. The number of ether oxygens (including phenoxy) is 1. The molecule has 7 heteroatoms. The lowest BCUT2D eigenvalue weighted by Gasteiger charge is -2.01. The van der Waals surface area contributed by atoms with E-state index < -0.39 is 0 Å². The number of rotatable bonds is 8. The summed E-state index contributed by atoms with van der Waals surface area (Å²) in [6.45, 7) is 2.52. The second kappa shape index (κ2) is 8.53. The molecule has 0 fully saturated rings. The molecular weight excluding hydrogens is 357 g/mol. The van der Waals surface area contributed by atoms with Crippen molar-refractivity contribution in [3.8, 4) is 10.6 Å². The minimum absolute atomic E-state index is 0.273. The summed E-state index contributed by atoms with van der Waals surface area (Å²) in [7, 11) is 1.69. The minimum Gasteiger partial charge on any atom is -0.383 e. The molecule has 0 amide bonds. The van der Waals surface area contributed by atoms with E-state index in [0.29, 0.717) is 4.47 Å². The number of nitrogens with one attached hydrogen (secondary N) is 1. The van der Waals surface area contributed by atoms with Crippen LogP contribution in [0.5, 0.6) is 0 Å². The largest absolute Gasteiger partial charge is 0.383 e. The van der Waals surface area contributed by atoms with Gasteiger partial charge in [-0.2, -0.15) is 0 Å². The Morgan fingerprint density at radius 2 is 2.19 bits per heavy atom. The summed E-state index contributed by atoms with van der Waals surface area (Å²) < 4.78 is 18.6. The van der Waals surface area contributed by atoms with Gasteiger partial charge in [0.05, 0.1) is 11.1 Å². The first-order chi connectivity index (χ1) is 10.2. The Bertz CT molecular complexity index is 579. The van der Waals surface area contributed by atoms with Crippen molar-refractivity contribution in [2.45, 2.75) is 12.8 Å². The molecule has 0 aliphatic rings. The minimum atomic E-state index is -0.273. The van der Waals surface area contributed by atoms with Crippen LogP contribution in [-0.4, -0.2) is 37.0 Å². The van der Waals surface area contributed by atoms with Crippen molar-refractivity contribution in [3.63, 3.8) is 0 Å². The van der Waals surface area contributed by atoms with Crippen LogP contribution in [0.4, 0.5) is 4.39 Å². The van der Waals surface area contributed by atoms with Crippen molar-refractivity contribution in [1.29, 1.82) is 0 Å². The number of hydrogen-bond acceptors (Lipinski definition) is 5. The van der Waals surface area contributed by atoms with Gasteiger partial charge in [0.2, 0.25) is 0 Å². The molecule has 4 nitrogen and oxygen atoms in total. The number of halogens is 2. The average molecular weight is 374 g/mol. The molecule has 0 saturated carbocycles.